The number of aromatic nitrogens is 1. The number of rotatable bonds is 1. The summed E-state index contributed by atoms with van der Waals surface area (Å²) in [7, 11) is 0. The molecule has 3 heterocycles. The second-order valence-corrected chi connectivity index (χ2v) is 12.0. The van der Waals surface area contributed by atoms with E-state index in [4.69, 9.17) is 0 Å². The van der Waals surface area contributed by atoms with Gasteiger partial charge in [0.25, 0.3) is 5.91 Å². The Morgan fingerprint density at radius 1 is 1.00 bits per heavy atom. The number of hydrogen-bond acceptors (Lipinski definition) is 6. The third-order valence-corrected chi connectivity index (χ3v) is 7.66. The number of carbonyl (C=O) groups is 4. The van der Waals surface area contributed by atoms with Gasteiger partial charge >= 0.3 is 6.18 Å². The number of alkyl halides is 3. The van der Waals surface area contributed by atoms with Crippen LogP contribution >= 0.6 is 0 Å². The first-order chi connectivity index (χ1) is 20.1. The van der Waals surface area contributed by atoms with Crippen LogP contribution in [0.1, 0.15) is 64.8 Å². The van der Waals surface area contributed by atoms with Crippen LogP contribution in [0.4, 0.5) is 13.2 Å². The van der Waals surface area contributed by atoms with Crippen molar-refractivity contribution < 1.29 is 32.3 Å². The molecule has 0 spiro atoms. The van der Waals surface area contributed by atoms with Crippen molar-refractivity contribution >= 4 is 40.6 Å². The molecule has 4 N–H and O–H groups in total. The van der Waals surface area contributed by atoms with Crippen LogP contribution in [-0.4, -0.2) is 64.5 Å². The molecule has 10 nitrogen and oxygen atoms in total. The molecule has 13 heteroatoms. The highest BCUT2D eigenvalue weighted by molar-refractivity contribution is 5.94. The van der Waals surface area contributed by atoms with Crippen molar-refractivity contribution in [1.29, 1.82) is 0 Å². The zero-order valence-electron chi connectivity index (χ0n) is 24.7. The van der Waals surface area contributed by atoms with Gasteiger partial charge in [-0.25, -0.2) is 5.43 Å². The molecule has 1 saturated heterocycles. The molecule has 5 bridgehead atoms. The van der Waals surface area contributed by atoms with Crippen LogP contribution in [-0.2, 0) is 19.2 Å². The predicted octanol–water partition coefficient (Wildman–Crippen LogP) is 3.15. The quantitative estimate of drug-likeness (QED) is 0.397. The van der Waals surface area contributed by atoms with Crippen LogP contribution in [0.5, 0.6) is 0 Å². The van der Waals surface area contributed by atoms with Gasteiger partial charge in [0.15, 0.2) is 6.04 Å². The highest BCUT2D eigenvalue weighted by atomic mass is 19.4. The van der Waals surface area contributed by atoms with Crippen molar-refractivity contribution in [3.05, 3.63) is 47.7 Å². The lowest BCUT2D eigenvalue weighted by Gasteiger charge is -2.36. The van der Waals surface area contributed by atoms with E-state index < -0.39 is 59.4 Å². The van der Waals surface area contributed by atoms with Crippen LogP contribution in [0.25, 0.3) is 17.0 Å². The van der Waals surface area contributed by atoms with Gasteiger partial charge in [-0.05, 0) is 57.2 Å². The molecular formula is C30H37F3N6O4. The highest BCUT2D eigenvalue weighted by Gasteiger charge is 2.44. The summed E-state index contributed by atoms with van der Waals surface area (Å²) < 4.78 is 42.7. The van der Waals surface area contributed by atoms with Crippen LogP contribution < -0.4 is 21.4 Å². The second kappa shape index (κ2) is 12.3. The zero-order valence-corrected chi connectivity index (χ0v) is 24.7. The summed E-state index contributed by atoms with van der Waals surface area (Å²) in [4.78, 5) is 57.0. The van der Waals surface area contributed by atoms with Gasteiger partial charge in [-0.2, -0.15) is 13.2 Å². The summed E-state index contributed by atoms with van der Waals surface area (Å²) in [5, 5.41) is 9.21. The molecule has 2 aliphatic rings. The first-order valence-corrected chi connectivity index (χ1v) is 14.2. The van der Waals surface area contributed by atoms with Gasteiger partial charge in [-0.3, -0.25) is 29.2 Å². The van der Waals surface area contributed by atoms with Crippen molar-refractivity contribution in [3.63, 3.8) is 0 Å². The van der Waals surface area contributed by atoms with Crippen molar-refractivity contribution in [1.82, 2.24) is 31.4 Å². The third-order valence-electron chi connectivity index (χ3n) is 7.66. The Morgan fingerprint density at radius 3 is 2.37 bits per heavy atom. The number of carbonyl (C=O) groups excluding carboxylic acids is 4. The number of hydrogen-bond donors (Lipinski definition) is 4. The standard InChI is InChI=1S/C30H37F3N6O4/c1-16(2)23-26(41)34-17(3)27(42)39-14-6-7-21(38-39)25(40)37-24(30(31,32)33)20-11-10-19-9-8-18(15-22(19)35-20)12-13-29(4,5)28(43)36-23/h8-13,15-17,21,23-24,38H,6-7,14H2,1-5H3,(H,34,41)(H,36,43)(H,37,40)/b13-12+/t17-,21-,23-,24-/m0/s1. The number of benzene rings is 1. The molecule has 4 rings (SSSR count). The molecule has 0 saturated carbocycles. The van der Waals surface area contributed by atoms with E-state index in [9.17, 15) is 32.3 Å². The van der Waals surface area contributed by atoms with Crippen LogP contribution in [0.2, 0.25) is 0 Å². The largest absolute Gasteiger partial charge is 0.414 e. The minimum atomic E-state index is -4.85. The van der Waals surface area contributed by atoms with Gasteiger partial charge in [0.2, 0.25) is 17.7 Å². The van der Waals surface area contributed by atoms with Crippen LogP contribution in [0.15, 0.2) is 36.4 Å². The molecule has 0 aliphatic carbocycles. The topological polar surface area (TPSA) is 133 Å². The molecule has 43 heavy (non-hydrogen) atoms. The van der Waals surface area contributed by atoms with E-state index in [1.165, 1.54) is 19.1 Å². The number of amides is 4. The fourth-order valence-corrected chi connectivity index (χ4v) is 4.96. The second-order valence-electron chi connectivity index (χ2n) is 12.0. The van der Waals surface area contributed by atoms with Crippen molar-refractivity contribution in [2.75, 3.05) is 6.54 Å². The molecule has 0 radical (unpaired) electrons. The summed E-state index contributed by atoms with van der Waals surface area (Å²) >= 11 is 0. The molecule has 0 unspecified atom stereocenters. The first kappa shape index (κ1) is 31.9. The lowest BCUT2D eigenvalue weighted by atomic mass is 9.89. The predicted molar refractivity (Wildman–Crippen MR) is 154 cm³/mol. The monoisotopic (exact) mass is 602 g/mol. The SMILES string of the molecule is CC(C)[C@@H]1NC(=O)C(C)(C)/C=C/c2ccc3ccc(nc3c2)[C@@H](C(F)(F)F)NC(=O)[C@@H]2CCCN(N2)C(=O)[C@H](C)NC1=O. The maximum absolute atomic E-state index is 14.2. The number of fused-ring (bicyclic) bond motifs is 4. The lowest BCUT2D eigenvalue weighted by Crippen LogP contribution is -2.62. The smallest absolute Gasteiger partial charge is 0.343 e. The van der Waals surface area contributed by atoms with E-state index >= 15 is 0 Å². The molecule has 1 aromatic heterocycles. The molecule has 2 aromatic rings. The molecule has 232 valence electrons. The Bertz CT molecular complexity index is 1440. The number of halogens is 3. The average molecular weight is 603 g/mol. The van der Waals surface area contributed by atoms with Gasteiger partial charge in [-0.1, -0.05) is 44.2 Å². The lowest BCUT2D eigenvalue weighted by molar-refractivity contribution is -0.166. The van der Waals surface area contributed by atoms with Crippen molar-refractivity contribution in [3.8, 4) is 0 Å². The van der Waals surface area contributed by atoms with E-state index in [2.05, 4.69) is 26.4 Å². The molecule has 4 amide bonds. The minimum absolute atomic E-state index is 0.185. The summed E-state index contributed by atoms with van der Waals surface area (Å²) in [6.45, 7) is 8.51. The number of nitrogens with zero attached hydrogens (tertiary/aromatic N) is 2. The summed E-state index contributed by atoms with van der Waals surface area (Å²) in [5.41, 5.74) is 2.12. The summed E-state index contributed by atoms with van der Waals surface area (Å²) in [5.74, 6) is -2.82. The van der Waals surface area contributed by atoms with Crippen LogP contribution in [0.3, 0.4) is 0 Å². The Morgan fingerprint density at radius 2 is 1.70 bits per heavy atom. The zero-order chi connectivity index (χ0) is 31.7. The van der Waals surface area contributed by atoms with Gasteiger partial charge in [0, 0.05) is 11.9 Å². The van der Waals surface area contributed by atoms with Gasteiger partial charge in [0.1, 0.15) is 18.1 Å². The number of hydrazine groups is 1. The normalized spacial score (nSPS) is 26.6. The first-order valence-electron chi connectivity index (χ1n) is 14.2. The third kappa shape index (κ3) is 7.32. The van der Waals surface area contributed by atoms with Crippen molar-refractivity contribution in [2.24, 2.45) is 11.3 Å². The van der Waals surface area contributed by atoms with E-state index in [-0.39, 0.29) is 30.1 Å². The van der Waals surface area contributed by atoms with Gasteiger partial charge < -0.3 is 16.0 Å². The Hall–Kier alpha value is -4.00. The summed E-state index contributed by atoms with van der Waals surface area (Å²) in [6, 6.07) is 2.26. The minimum Gasteiger partial charge on any atom is -0.343 e. The number of nitrogens with one attached hydrogen (secondary N) is 4. The van der Waals surface area contributed by atoms with E-state index in [0.717, 1.165) is 5.01 Å². The molecule has 4 atom stereocenters. The maximum Gasteiger partial charge on any atom is 0.414 e. The Balaban J connectivity index is 1.77. The van der Waals surface area contributed by atoms with E-state index in [0.29, 0.717) is 17.4 Å². The Labute approximate surface area is 247 Å². The van der Waals surface area contributed by atoms with Crippen LogP contribution in [0, 0.1) is 11.3 Å². The molecule has 1 aromatic carbocycles. The maximum atomic E-state index is 14.2. The fraction of sp³-hybridized carbons (Fsp3) is 0.500. The average Bonchev–Trinajstić information content (AvgIpc) is 2.95. The summed E-state index contributed by atoms with van der Waals surface area (Å²) in [6.07, 6.45) is -1.02. The van der Waals surface area contributed by atoms with E-state index in [1.807, 2.05) is 0 Å². The van der Waals surface area contributed by atoms with Gasteiger partial charge in [-0.15, -0.1) is 0 Å². The molecular weight excluding hydrogens is 565 g/mol. The van der Waals surface area contributed by atoms with Gasteiger partial charge in [0.05, 0.1) is 16.6 Å². The Kier molecular flexibility index (Phi) is 9.14. The fourth-order valence-electron chi connectivity index (χ4n) is 4.96. The molecule has 2 aliphatic heterocycles. The number of pyridine rings is 1. The highest BCUT2D eigenvalue weighted by Crippen LogP contribution is 2.33. The van der Waals surface area contributed by atoms with Crippen molar-refractivity contribution in [2.45, 2.75) is 77.8 Å². The van der Waals surface area contributed by atoms with E-state index in [1.54, 1.807) is 58.0 Å². The molecule has 1 fully saturated rings.